The first-order chi connectivity index (χ1) is 10.4. The largest absolute Gasteiger partial charge is 0.383 e. The van der Waals surface area contributed by atoms with Crippen molar-refractivity contribution in [2.24, 2.45) is 5.92 Å². The maximum absolute atomic E-state index is 5.99. The van der Waals surface area contributed by atoms with Crippen molar-refractivity contribution in [3.63, 3.8) is 0 Å². The molecular weight excluding hydrogens is 262 g/mol. The van der Waals surface area contributed by atoms with E-state index in [-0.39, 0.29) is 6.10 Å². The van der Waals surface area contributed by atoms with Crippen LogP contribution in [0.25, 0.3) is 10.8 Å². The van der Waals surface area contributed by atoms with Crippen molar-refractivity contribution in [3.05, 3.63) is 48.0 Å². The molecule has 2 aromatic rings. The Morgan fingerprint density at radius 3 is 2.90 bits per heavy atom. The molecule has 1 aliphatic rings. The van der Waals surface area contributed by atoms with Gasteiger partial charge in [-0.2, -0.15) is 0 Å². The molecule has 1 fully saturated rings. The number of nitrogens with one attached hydrogen (secondary N) is 1. The molecule has 0 bridgehead atoms. The molecule has 112 valence electrons. The van der Waals surface area contributed by atoms with Gasteiger partial charge in [-0.25, -0.2) is 0 Å². The molecule has 0 saturated carbocycles. The number of fused-ring (bicyclic) bond motifs is 1. The van der Waals surface area contributed by atoms with E-state index in [1.807, 2.05) is 0 Å². The average molecular weight is 285 g/mol. The van der Waals surface area contributed by atoms with Gasteiger partial charge in [-0.05, 0) is 28.8 Å². The Morgan fingerprint density at radius 1 is 1.19 bits per heavy atom. The molecule has 0 radical (unpaired) electrons. The minimum absolute atomic E-state index is 0.213. The molecule has 1 saturated heterocycles. The first kappa shape index (κ1) is 14.5. The van der Waals surface area contributed by atoms with E-state index in [1.54, 1.807) is 7.11 Å². The van der Waals surface area contributed by atoms with Crippen LogP contribution in [-0.2, 0) is 9.47 Å². The van der Waals surface area contributed by atoms with Crippen LogP contribution in [0.2, 0.25) is 0 Å². The van der Waals surface area contributed by atoms with E-state index in [4.69, 9.17) is 9.47 Å². The first-order valence-electron chi connectivity index (χ1n) is 7.68. The zero-order valence-corrected chi connectivity index (χ0v) is 12.5. The molecule has 21 heavy (non-hydrogen) atoms. The Labute approximate surface area is 126 Å². The minimum atomic E-state index is 0.213. The third-order valence-corrected chi connectivity index (χ3v) is 4.21. The lowest BCUT2D eigenvalue weighted by atomic mass is 9.93. The van der Waals surface area contributed by atoms with Crippen molar-refractivity contribution in [3.8, 4) is 0 Å². The smallest absolute Gasteiger partial charge is 0.0866 e. The summed E-state index contributed by atoms with van der Waals surface area (Å²) in [5.74, 6) is 0.544. The topological polar surface area (TPSA) is 30.5 Å². The lowest BCUT2D eigenvalue weighted by molar-refractivity contribution is 0.0899. The number of hydrogen-bond donors (Lipinski definition) is 1. The Balaban J connectivity index is 1.70. The van der Waals surface area contributed by atoms with Crippen molar-refractivity contribution < 1.29 is 9.47 Å². The van der Waals surface area contributed by atoms with Crippen LogP contribution in [0.5, 0.6) is 0 Å². The highest BCUT2D eigenvalue weighted by Crippen LogP contribution is 2.35. The predicted octanol–water partition coefficient (Wildman–Crippen LogP) is 3.15. The molecule has 0 amide bonds. The molecular formula is C18H23NO2. The SMILES string of the molecule is COCCNCC1CCOC1c1ccc2ccccc2c1. The summed E-state index contributed by atoms with van der Waals surface area (Å²) >= 11 is 0. The molecule has 1 N–H and O–H groups in total. The zero-order valence-electron chi connectivity index (χ0n) is 12.5. The monoisotopic (exact) mass is 285 g/mol. The summed E-state index contributed by atoms with van der Waals surface area (Å²) in [6.45, 7) is 3.50. The van der Waals surface area contributed by atoms with Gasteiger partial charge in [0, 0.05) is 32.7 Å². The highest BCUT2D eigenvalue weighted by Gasteiger charge is 2.29. The van der Waals surface area contributed by atoms with E-state index in [9.17, 15) is 0 Å². The number of hydrogen-bond acceptors (Lipinski definition) is 3. The number of ether oxygens (including phenoxy) is 2. The molecule has 2 unspecified atom stereocenters. The second-order valence-corrected chi connectivity index (χ2v) is 5.64. The lowest BCUT2D eigenvalue weighted by Crippen LogP contribution is -2.27. The fourth-order valence-corrected chi connectivity index (χ4v) is 3.06. The van der Waals surface area contributed by atoms with Crippen molar-refractivity contribution in [1.29, 1.82) is 0 Å². The van der Waals surface area contributed by atoms with Gasteiger partial charge in [-0.15, -0.1) is 0 Å². The number of benzene rings is 2. The maximum Gasteiger partial charge on any atom is 0.0866 e. The standard InChI is InChI=1S/C18H23NO2/c1-20-11-9-19-13-17-8-10-21-18(17)16-7-6-14-4-2-3-5-15(14)12-16/h2-7,12,17-19H,8-11,13H2,1H3. The van der Waals surface area contributed by atoms with Crippen molar-refractivity contribution in [2.75, 3.05) is 33.4 Å². The van der Waals surface area contributed by atoms with E-state index in [1.165, 1.54) is 16.3 Å². The molecule has 1 aliphatic heterocycles. The highest BCUT2D eigenvalue weighted by atomic mass is 16.5. The summed E-state index contributed by atoms with van der Waals surface area (Å²) in [5.41, 5.74) is 1.30. The molecule has 0 aromatic heterocycles. The maximum atomic E-state index is 5.99. The molecule has 0 aliphatic carbocycles. The zero-order chi connectivity index (χ0) is 14.5. The predicted molar refractivity (Wildman–Crippen MR) is 85.5 cm³/mol. The van der Waals surface area contributed by atoms with E-state index in [0.717, 1.165) is 32.7 Å². The molecule has 3 rings (SSSR count). The second kappa shape index (κ2) is 7.03. The van der Waals surface area contributed by atoms with Crippen LogP contribution in [-0.4, -0.2) is 33.4 Å². The molecule has 3 nitrogen and oxygen atoms in total. The first-order valence-corrected chi connectivity index (χ1v) is 7.68. The molecule has 1 heterocycles. The van der Waals surface area contributed by atoms with Crippen LogP contribution in [0.4, 0.5) is 0 Å². The second-order valence-electron chi connectivity index (χ2n) is 5.64. The Kier molecular flexibility index (Phi) is 4.86. The van der Waals surface area contributed by atoms with Gasteiger partial charge in [0.1, 0.15) is 0 Å². The van der Waals surface area contributed by atoms with Gasteiger partial charge < -0.3 is 14.8 Å². The Morgan fingerprint density at radius 2 is 2.05 bits per heavy atom. The van der Waals surface area contributed by atoms with Crippen LogP contribution >= 0.6 is 0 Å². The molecule has 2 atom stereocenters. The van der Waals surface area contributed by atoms with Crippen LogP contribution in [0.15, 0.2) is 42.5 Å². The quantitative estimate of drug-likeness (QED) is 0.827. The summed E-state index contributed by atoms with van der Waals surface area (Å²) in [6, 6.07) is 15.2. The van der Waals surface area contributed by atoms with Crippen LogP contribution in [0, 0.1) is 5.92 Å². The minimum Gasteiger partial charge on any atom is -0.383 e. The van der Waals surface area contributed by atoms with Gasteiger partial charge in [0.25, 0.3) is 0 Å². The van der Waals surface area contributed by atoms with Gasteiger partial charge in [0.2, 0.25) is 0 Å². The third-order valence-electron chi connectivity index (χ3n) is 4.21. The average Bonchev–Trinajstić information content (AvgIpc) is 2.99. The fraction of sp³-hybridized carbons (Fsp3) is 0.444. The van der Waals surface area contributed by atoms with Gasteiger partial charge in [-0.3, -0.25) is 0 Å². The summed E-state index contributed by atoms with van der Waals surface area (Å²) < 4.78 is 11.1. The van der Waals surface area contributed by atoms with E-state index >= 15 is 0 Å². The summed E-state index contributed by atoms with van der Waals surface area (Å²) in [6.07, 6.45) is 1.34. The van der Waals surface area contributed by atoms with E-state index in [2.05, 4.69) is 47.8 Å². The summed E-state index contributed by atoms with van der Waals surface area (Å²) in [7, 11) is 1.73. The number of rotatable bonds is 6. The number of methoxy groups -OCH3 is 1. The van der Waals surface area contributed by atoms with Crippen LogP contribution in [0.3, 0.4) is 0 Å². The molecule has 2 aromatic carbocycles. The van der Waals surface area contributed by atoms with Crippen molar-refractivity contribution >= 4 is 10.8 Å². The van der Waals surface area contributed by atoms with E-state index in [0.29, 0.717) is 5.92 Å². The van der Waals surface area contributed by atoms with E-state index < -0.39 is 0 Å². The lowest BCUT2D eigenvalue weighted by Gasteiger charge is -2.20. The van der Waals surface area contributed by atoms with Gasteiger partial charge in [-0.1, -0.05) is 36.4 Å². The van der Waals surface area contributed by atoms with Gasteiger partial charge in [0.05, 0.1) is 12.7 Å². The van der Waals surface area contributed by atoms with Crippen molar-refractivity contribution in [2.45, 2.75) is 12.5 Å². The fourth-order valence-electron chi connectivity index (χ4n) is 3.06. The molecule has 3 heteroatoms. The third kappa shape index (κ3) is 3.43. The normalized spacial score (nSPS) is 22.0. The summed E-state index contributed by atoms with van der Waals surface area (Å²) in [5, 5.41) is 6.03. The van der Waals surface area contributed by atoms with Crippen molar-refractivity contribution in [1.82, 2.24) is 5.32 Å². The van der Waals surface area contributed by atoms with Crippen LogP contribution in [0.1, 0.15) is 18.1 Å². The van der Waals surface area contributed by atoms with Crippen LogP contribution < -0.4 is 5.32 Å². The Hall–Kier alpha value is -1.42. The summed E-state index contributed by atoms with van der Waals surface area (Å²) in [4.78, 5) is 0. The highest BCUT2D eigenvalue weighted by molar-refractivity contribution is 5.83. The Bertz CT molecular complexity index is 584. The van der Waals surface area contributed by atoms with Gasteiger partial charge in [0.15, 0.2) is 0 Å². The molecule has 0 spiro atoms. The van der Waals surface area contributed by atoms with Gasteiger partial charge >= 0.3 is 0 Å².